The van der Waals surface area contributed by atoms with Gasteiger partial charge >= 0.3 is 0 Å². The molecule has 18 heavy (non-hydrogen) atoms. The molecule has 2 rings (SSSR count). The maximum absolute atomic E-state index is 9.21. The number of rotatable bonds is 4. The van der Waals surface area contributed by atoms with E-state index in [-0.39, 0.29) is 13.2 Å². The van der Waals surface area contributed by atoms with Crippen molar-refractivity contribution in [3.63, 3.8) is 0 Å². The topological polar surface area (TPSA) is 62.6 Å². The van der Waals surface area contributed by atoms with E-state index in [1.165, 1.54) is 0 Å². The highest BCUT2D eigenvalue weighted by molar-refractivity contribution is 5.38. The Kier molecular flexibility index (Phi) is 3.92. The van der Waals surface area contributed by atoms with Crippen LogP contribution in [0.25, 0.3) is 0 Å². The zero-order valence-electron chi connectivity index (χ0n) is 10.1. The fourth-order valence-electron chi connectivity index (χ4n) is 1.65. The van der Waals surface area contributed by atoms with Crippen molar-refractivity contribution in [1.29, 1.82) is 0 Å². The molecule has 0 saturated carbocycles. The van der Waals surface area contributed by atoms with Gasteiger partial charge in [-0.1, -0.05) is 18.2 Å². The van der Waals surface area contributed by atoms with Crippen molar-refractivity contribution < 1.29 is 14.9 Å². The Morgan fingerprint density at radius 2 is 1.94 bits per heavy atom. The molecule has 2 aromatic rings. The first-order valence-corrected chi connectivity index (χ1v) is 5.67. The smallest absolute Gasteiger partial charge is 0.222 e. The maximum Gasteiger partial charge on any atom is 0.222 e. The van der Waals surface area contributed by atoms with E-state index in [0.717, 1.165) is 11.1 Å². The van der Waals surface area contributed by atoms with Gasteiger partial charge in [-0.3, -0.25) is 0 Å². The summed E-state index contributed by atoms with van der Waals surface area (Å²) in [5.41, 5.74) is 2.30. The Bertz CT molecular complexity index is 540. The van der Waals surface area contributed by atoms with E-state index < -0.39 is 0 Å². The molecule has 94 valence electrons. The number of benzene rings is 1. The number of para-hydroxylation sites is 1. The van der Waals surface area contributed by atoms with E-state index in [9.17, 15) is 5.11 Å². The molecular formula is C14H15NO3. The van der Waals surface area contributed by atoms with E-state index in [2.05, 4.69) is 4.98 Å². The van der Waals surface area contributed by atoms with Gasteiger partial charge in [-0.15, -0.1) is 0 Å². The highest BCUT2D eigenvalue weighted by Gasteiger charge is 2.07. The van der Waals surface area contributed by atoms with E-state index >= 15 is 0 Å². The lowest BCUT2D eigenvalue weighted by molar-refractivity contribution is 0.275. The molecule has 0 fully saturated rings. The quantitative estimate of drug-likeness (QED) is 0.866. The Morgan fingerprint density at radius 3 is 2.61 bits per heavy atom. The van der Waals surface area contributed by atoms with E-state index in [4.69, 9.17) is 9.84 Å². The Labute approximate surface area is 106 Å². The Morgan fingerprint density at radius 1 is 1.17 bits per heavy atom. The second-order valence-corrected chi connectivity index (χ2v) is 3.99. The summed E-state index contributed by atoms with van der Waals surface area (Å²) >= 11 is 0. The number of aryl methyl sites for hydroxylation is 1. The lowest BCUT2D eigenvalue weighted by Gasteiger charge is -2.11. The zero-order chi connectivity index (χ0) is 13.0. The van der Waals surface area contributed by atoms with Crippen LogP contribution < -0.4 is 4.74 Å². The van der Waals surface area contributed by atoms with Gasteiger partial charge in [-0.05, 0) is 24.6 Å². The molecule has 1 aromatic heterocycles. The number of hydrogen-bond donors (Lipinski definition) is 2. The van der Waals surface area contributed by atoms with Crippen molar-refractivity contribution in [3.05, 3.63) is 53.2 Å². The zero-order valence-corrected chi connectivity index (χ0v) is 10.1. The fraction of sp³-hybridized carbons (Fsp3) is 0.214. The number of ether oxygens (including phenoxy) is 1. The molecule has 1 heterocycles. The summed E-state index contributed by atoms with van der Waals surface area (Å²) < 4.78 is 5.68. The van der Waals surface area contributed by atoms with Crippen LogP contribution in [-0.4, -0.2) is 15.2 Å². The third kappa shape index (κ3) is 2.67. The highest BCUT2D eigenvalue weighted by atomic mass is 16.5. The average Bonchev–Trinajstić information content (AvgIpc) is 2.41. The number of hydrogen-bond acceptors (Lipinski definition) is 4. The van der Waals surface area contributed by atoms with E-state index in [0.29, 0.717) is 17.2 Å². The molecule has 0 spiro atoms. The van der Waals surface area contributed by atoms with E-state index in [1.54, 1.807) is 18.3 Å². The third-order valence-corrected chi connectivity index (χ3v) is 2.62. The van der Waals surface area contributed by atoms with Crippen LogP contribution in [0.5, 0.6) is 11.6 Å². The summed E-state index contributed by atoms with van der Waals surface area (Å²) in [6.45, 7) is 1.74. The normalized spacial score (nSPS) is 10.4. The average molecular weight is 245 g/mol. The minimum absolute atomic E-state index is 0.0403. The minimum atomic E-state index is -0.0794. The molecular weight excluding hydrogens is 230 g/mol. The molecule has 0 atom stereocenters. The molecule has 0 unspecified atom stereocenters. The van der Waals surface area contributed by atoms with Crippen LogP contribution >= 0.6 is 0 Å². The van der Waals surface area contributed by atoms with Crippen LogP contribution in [0.4, 0.5) is 0 Å². The van der Waals surface area contributed by atoms with Crippen molar-refractivity contribution in [2.24, 2.45) is 0 Å². The first kappa shape index (κ1) is 12.5. The maximum atomic E-state index is 9.21. The number of aliphatic hydroxyl groups excluding tert-OH is 2. The number of aliphatic hydroxyl groups is 2. The number of pyridine rings is 1. The van der Waals surface area contributed by atoms with Crippen molar-refractivity contribution in [3.8, 4) is 11.6 Å². The lowest BCUT2D eigenvalue weighted by Crippen LogP contribution is -1.96. The summed E-state index contributed by atoms with van der Waals surface area (Å²) in [5, 5.41) is 18.2. The molecule has 0 aliphatic rings. The van der Waals surface area contributed by atoms with Crippen LogP contribution in [0, 0.1) is 6.92 Å². The second-order valence-electron chi connectivity index (χ2n) is 3.99. The van der Waals surface area contributed by atoms with Gasteiger partial charge in [0.05, 0.1) is 13.2 Å². The first-order valence-electron chi connectivity index (χ1n) is 5.67. The van der Waals surface area contributed by atoms with Gasteiger partial charge in [-0.25, -0.2) is 4.98 Å². The van der Waals surface area contributed by atoms with Crippen LogP contribution in [0.3, 0.4) is 0 Å². The van der Waals surface area contributed by atoms with Crippen LogP contribution in [0.15, 0.2) is 36.5 Å². The number of aromatic nitrogens is 1. The lowest BCUT2D eigenvalue weighted by atomic mass is 10.2. The van der Waals surface area contributed by atoms with Gasteiger partial charge in [0.25, 0.3) is 0 Å². The fourth-order valence-corrected chi connectivity index (χ4v) is 1.65. The van der Waals surface area contributed by atoms with E-state index in [1.807, 2.05) is 25.1 Å². The molecule has 4 nitrogen and oxygen atoms in total. The molecule has 0 amide bonds. The summed E-state index contributed by atoms with van der Waals surface area (Å²) in [7, 11) is 0. The molecule has 0 aliphatic carbocycles. The van der Waals surface area contributed by atoms with Gasteiger partial charge in [0.15, 0.2) is 0 Å². The monoisotopic (exact) mass is 245 g/mol. The van der Waals surface area contributed by atoms with Crippen LogP contribution in [-0.2, 0) is 13.2 Å². The van der Waals surface area contributed by atoms with Crippen LogP contribution in [0.2, 0.25) is 0 Å². The second kappa shape index (κ2) is 5.62. The van der Waals surface area contributed by atoms with Crippen molar-refractivity contribution >= 4 is 0 Å². The molecule has 0 bridgehead atoms. The summed E-state index contributed by atoms with van der Waals surface area (Å²) in [6.07, 6.45) is 1.57. The van der Waals surface area contributed by atoms with Gasteiger partial charge in [0.1, 0.15) is 5.75 Å². The molecule has 4 heteroatoms. The Hall–Kier alpha value is -1.91. The third-order valence-electron chi connectivity index (χ3n) is 2.62. The molecule has 1 aromatic carbocycles. The van der Waals surface area contributed by atoms with Gasteiger partial charge < -0.3 is 14.9 Å². The predicted octanol–water partition coefficient (Wildman–Crippen LogP) is 2.17. The van der Waals surface area contributed by atoms with Crippen LogP contribution in [0.1, 0.15) is 16.7 Å². The summed E-state index contributed by atoms with van der Waals surface area (Å²) in [4.78, 5) is 4.16. The largest absolute Gasteiger partial charge is 0.438 e. The first-order chi connectivity index (χ1) is 8.74. The molecule has 0 radical (unpaired) electrons. The SMILES string of the molecule is Cc1cc(CO)cnc1Oc1ccccc1CO. The van der Waals surface area contributed by atoms with Crippen molar-refractivity contribution in [1.82, 2.24) is 4.98 Å². The van der Waals surface area contributed by atoms with Crippen molar-refractivity contribution in [2.75, 3.05) is 0 Å². The minimum Gasteiger partial charge on any atom is -0.438 e. The Balaban J connectivity index is 2.28. The summed E-state index contributed by atoms with van der Waals surface area (Å²) in [6, 6.07) is 9.09. The van der Waals surface area contributed by atoms with Crippen molar-refractivity contribution in [2.45, 2.75) is 20.1 Å². The van der Waals surface area contributed by atoms with Gasteiger partial charge in [0, 0.05) is 17.3 Å². The van der Waals surface area contributed by atoms with Gasteiger partial charge in [-0.2, -0.15) is 0 Å². The van der Waals surface area contributed by atoms with Gasteiger partial charge in [0.2, 0.25) is 5.88 Å². The molecule has 2 N–H and O–H groups in total. The molecule has 0 saturated heterocycles. The highest BCUT2D eigenvalue weighted by Crippen LogP contribution is 2.26. The predicted molar refractivity (Wildman–Crippen MR) is 67.3 cm³/mol. The molecule has 0 aliphatic heterocycles. The summed E-state index contributed by atoms with van der Waals surface area (Å²) in [5.74, 6) is 1.07. The number of nitrogens with zero attached hydrogens (tertiary/aromatic N) is 1. The standard InChI is InChI=1S/C14H15NO3/c1-10-6-11(8-16)7-15-14(10)18-13-5-3-2-4-12(13)9-17/h2-7,16-17H,8-9H2,1H3.